The zero-order valence-electron chi connectivity index (χ0n) is 9.19. The quantitative estimate of drug-likeness (QED) is 0.746. The highest BCUT2D eigenvalue weighted by atomic mass is 19.4. The second kappa shape index (κ2) is 4.52. The Kier molecular flexibility index (Phi) is 3.65. The van der Waals surface area contributed by atoms with Gasteiger partial charge in [-0.2, -0.15) is 13.2 Å². The van der Waals surface area contributed by atoms with Gasteiger partial charge in [0.05, 0.1) is 12.2 Å². The predicted octanol–water partition coefficient (Wildman–Crippen LogP) is 0.638. The summed E-state index contributed by atoms with van der Waals surface area (Å²) in [5, 5.41) is 8.84. The highest BCUT2D eigenvalue weighted by Gasteiger charge is 2.50. The average Bonchev–Trinajstić information content (AvgIpc) is 2.12. The number of morpholine rings is 1. The first-order valence-corrected chi connectivity index (χ1v) is 4.90. The molecule has 0 aromatic rings. The van der Waals surface area contributed by atoms with Crippen molar-refractivity contribution in [3.63, 3.8) is 0 Å². The number of carboxylic acid groups (broad SMARTS) is 1. The van der Waals surface area contributed by atoms with Crippen molar-refractivity contribution in [1.82, 2.24) is 4.90 Å². The summed E-state index contributed by atoms with van der Waals surface area (Å²) in [6.07, 6.45) is -6.70. The summed E-state index contributed by atoms with van der Waals surface area (Å²) in [4.78, 5) is 22.3. The average molecular weight is 255 g/mol. The minimum absolute atomic E-state index is 0.307. The standard InChI is InChI=1S/C9H12F3NO4/c1-4-3-13(8(16)9(10,11)12)6(7(14)15)5(2)17-4/h4-6H,3H2,1-2H3,(H,14,15)/t4-,5-,6?/m1/s1. The first-order chi connectivity index (χ1) is 7.64. The number of carboxylic acids is 1. The van der Waals surface area contributed by atoms with Gasteiger partial charge in [-0.15, -0.1) is 0 Å². The third-order valence-corrected chi connectivity index (χ3v) is 2.44. The fraction of sp³-hybridized carbons (Fsp3) is 0.778. The minimum atomic E-state index is -5.08. The van der Waals surface area contributed by atoms with E-state index >= 15 is 0 Å². The number of alkyl halides is 3. The number of ether oxygens (including phenoxy) is 1. The molecule has 1 saturated heterocycles. The van der Waals surface area contributed by atoms with Crippen molar-refractivity contribution in [3.05, 3.63) is 0 Å². The number of aliphatic carboxylic acids is 1. The van der Waals surface area contributed by atoms with E-state index in [1.54, 1.807) is 0 Å². The van der Waals surface area contributed by atoms with Crippen LogP contribution in [-0.2, 0) is 14.3 Å². The van der Waals surface area contributed by atoms with E-state index in [1.165, 1.54) is 13.8 Å². The van der Waals surface area contributed by atoms with Gasteiger partial charge in [0.2, 0.25) is 0 Å². The van der Waals surface area contributed by atoms with E-state index in [9.17, 15) is 22.8 Å². The number of amides is 1. The Morgan fingerprint density at radius 2 is 1.88 bits per heavy atom. The van der Waals surface area contributed by atoms with Crippen LogP contribution in [0.15, 0.2) is 0 Å². The van der Waals surface area contributed by atoms with Crippen LogP contribution in [0.3, 0.4) is 0 Å². The number of halogens is 3. The molecule has 3 atom stereocenters. The Labute approximate surface area is 95.1 Å². The smallest absolute Gasteiger partial charge is 0.471 e. The molecule has 1 amide bonds. The minimum Gasteiger partial charge on any atom is -0.480 e. The van der Waals surface area contributed by atoms with Gasteiger partial charge in [0.15, 0.2) is 6.04 Å². The Bertz CT molecular complexity index is 331. The van der Waals surface area contributed by atoms with Crippen molar-refractivity contribution in [2.24, 2.45) is 0 Å². The molecule has 8 heteroatoms. The van der Waals surface area contributed by atoms with Crippen LogP contribution in [-0.4, -0.2) is 52.9 Å². The molecule has 1 aliphatic heterocycles. The maximum absolute atomic E-state index is 12.3. The zero-order chi connectivity index (χ0) is 13.4. The lowest BCUT2D eigenvalue weighted by molar-refractivity contribution is -0.203. The lowest BCUT2D eigenvalue weighted by Crippen LogP contribution is -2.61. The molecule has 5 nitrogen and oxygen atoms in total. The Hall–Kier alpha value is -1.31. The largest absolute Gasteiger partial charge is 0.480 e. The van der Waals surface area contributed by atoms with E-state index in [0.29, 0.717) is 4.90 Å². The summed E-state index contributed by atoms with van der Waals surface area (Å²) in [5.74, 6) is -3.66. The first-order valence-electron chi connectivity index (χ1n) is 4.90. The molecule has 98 valence electrons. The molecule has 0 spiro atoms. The van der Waals surface area contributed by atoms with Crippen LogP contribution in [0.5, 0.6) is 0 Å². The maximum Gasteiger partial charge on any atom is 0.471 e. The van der Waals surface area contributed by atoms with Crippen LogP contribution in [0.2, 0.25) is 0 Å². The van der Waals surface area contributed by atoms with Crippen molar-refractivity contribution >= 4 is 11.9 Å². The molecule has 0 aromatic heterocycles. The molecule has 17 heavy (non-hydrogen) atoms. The third-order valence-electron chi connectivity index (χ3n) is 2.44. The maximum atomic E-state index is 12.3. The van der Waals surface area contributed by atoms with Crippen LogP contribution in [0.1, 0.15) is 13.8 Å². The molecule has 1 rings (SSSR count). The summed E-state index contributed by atoms with van der Waals surface area (Å²) in [6.45, 7) is 2.41. The normalized spacial score (nSPS) is 30.2. The van der Waals surface area contributed by atoms with E-state index in [-0.39, 0.29) is 6.54 Å². The second-order valence-corrected chi connectivity index (χ2v) is 3.89. The number of nitrogens with zero attached hydrogens (tertiary/aromatic N) is 1. The number of carbonyl (C=O) groups excluding carboxylic acids is 1. The topological polar surface area (TPSA) is 66.8 Å². The van der Waals surface area contributed by atoms with Crippen LogP contribution in [0.25, 0.3) is 0 Å². The van der Waals surface area contributed by atoms with Crippen molar-refractivity contribution in [2.45, 2.75) is 38.3 Å². The summed E-state index contributed by atoms with van der Waals surface area (Å²) >= 11 is 0. The lowest BCUT2D eigenvalue weighted by atomic mass is 10.1. The summed E-state index contributed by atoms with van der Waals surface area (Å²) < 4.78 is 42.0. The van der Waals surface area contributed by atoms with E-state index in [0.717, 1.165) is 0 Å². The summed E-state index contributed by atoms with van der Waals surface area (Å²) in [7, 11) is 0. The van der Waals surface area contributed by atoms with E-state index in [4.69, 9.17) is 9.84 Å². The lowest BCUT2D eigenvalue weighted by Gasteiger charge is -2.40. The van der Waals surface area contributed by atoms with Crippen LogP contribution >= 0.6 is 0 Å². The molecule has 1 aliphatic rings. The fourth-order valence-corrected chi connectivity index (χ4v) is 1.83. The Balaban J connectivity index is 2.99. The SMILES string of the molecule is C[C@@H]1CN(C(=O)C(F)(F)F)C(C(=O)O)[C@@H](C)O1. The van der Waals surface area contributed by atoms with Crippen LogP contribution in [0.4, 0.5) is 13.2 Å². The van der Waals surface area contributed by atoms with Gasteiger partial charge in [-0.3, -0.25) is 4.79 Å². The molecule has 0 aromatic carbocycles. The zero-order valence-corrected chi connectivity index (χ0v) is 9.19. The number of hydrogen-bond donors (Lipinski definition) is 1. The van der Waals surface area contributed by atoms with Crippen molar-refractivity contribution in [3.8, 4) is 0 Å². The monoisotopic (exact) mass is 255 g/mol. The van der Waals surface area contributed by atoms with E-state index in [2.05, 4.69) is 0 Å². The van der Waals surface area contributed by atoms with Gasteiger partial charge in [-0.1, -0.05) is 0 Å². The molecular weight excluding hydrogens is 243 g/mol. The molecule has 1 heterocycles. The third kappa shape index (κ3) is 2.87. The number of rotatable bonds is 1. The molecule has 0 saturated carbocycles. The van der Waals surface area contributed by atoms with Gasteiger partial charge in [0.25, 0.3) is 0 Å². The summed E-state index contributed by atoms with van der Waals surface area (Å²) in [5.41, 5.74) is 0. The van der Waals surface area contributed by atoms with Gasteiger partial charge in [0, 0.05) is 6.54 Å². The van der Waals surface area contributed by atoms with Gasteiger partial charge >= 0.3 is 18.1 Å². The molecule has 1 fully saturated rings. The van der Waals surface area contributed by atoms with Crippen molar-refractivity contribution < 1.29 is 32.6 Å². The van der Waals surface area contributed by atoms with Crippen molar-refractivity contribution in [1.29, 1.82) is 0 Å². The van der Waals surface area contributed by atoms with Gasteiger partial charge in [-0.05, 0) is 13.8 Å². The Morgan fingerprint density at radius 3 is 2.29 bits per heavy atom. The molecular formula is C9H12F3NO4. The highest BCUT2D eigenvalue weighted by Crippen LogP contribution is 2.25. The first kappa shape index (κ1) is 13.8. The second-order valence-electron chi connectivity index (χ2n) is 3.89. The molecule has 1 unspecified atom stereocenters. The number of hydrogen-bond acceptors (Lipinski definition) is 3. The molecule has 1 N–H and O–H groups in total. The van der Waals surface area contributed by atoms with Crippen molar-refractivity contribution in [2.75, 3.05) is 6.54 Å². The molecule has 0 radical (unpaired) electrons. The van der Waals surface area contributed by atoms with E-state index < -0.39 is 36.3 Å². The van der Waals surface area contributed by atoms with Crippen LogP contribution < -0.4 is 0 Å². The van der Waals surface area contributed by atoms with Gasteiger partial charge < -0.3 is 14.7 Å². The predicted molar refractivity (Wildman–Crippen MR) is 49.2 cm³/mol. The number of carbonyl (C=O) groups is 2. The van der Waals surface area contributed by atoms with Gasteiger partial charge in [-0.25, -0.2) is 4.79 Å². The summed E-state index contributed by atoms with van der Waals surface area (Å²) in [6, 6.07) is -1.61. The fourth-order valence-electron chi connectivity index (χ4n) is 1.83. The van der Waals surface area contributed by atoms with Crippen LogP contribution in [0, 0.1) is 0 Å². The van der Waals surface area contributed by atoms with Gasteiger partial charge in [0.1, 0.15) is 0 Å². The highest BCUT2D eigenvalue weighted by molar-refractivity contribution is 5.87. The van der Waals surface area contributed by atoms with E-state index in [1.807, 2.05) is 0 Å². The molecule has 0 aliphatic carbocycles. The molecule has 0 bridgehead atoms. The Morgan fingerprint density at radius 1 is 1.35 bits per heavy atom.